The van der Waals surface area contributed by atoms with Crippen molar-refractivity contribution in [3.05, 3.63) is 69.5 Å². The van der Waals surface area contributed by atoms with Gasteiger partial charge in [-0.05, 0) is 42.7 Å². The van der Waals surface area contributed by atoms with Crippen LogP contribution in [0.2, 0.25) is 10.0 Å². The highest BCUT2D eigenvalue weighted by Crippen LogP contribution is 2.22. The monoisotopic (exact) mass is 438 g/mol. The average Bonchev–Trinajstić information content (AvgIpc) is 2.70. The van der Waals surface area contributed by atoms with Crippen LogP contribution in [0.3, 0.4) is 0 Å². The van der Waals surface area contributed by atoms with E-state index in [1.807, 2.05) is 13.8 Å². The molecule has 0 saturated carbocycles. The molecule has 1 atom stereocenters. The highest BCUT2D eigenvalue weighted by atomic mass is 35.5. The van der Waals surface area contributed by atoms with Gasteiger partial charge in [0.15, 0.2) is 0 Å². The maximum atomic E-state index is 14.2. The normalized spacial score (nSPS) is 11.8. The van der Waals surface area contributed by atoms with Crippen molar-refractivity contribution in [1.29, 1.82) is 0 Å². The number of benzene rings is 2. The lowest BCUT2D eigenvalue weighted by Gasteiger charge is -2.31. The van der Waals surface area contributed by atoms with Gasteiger partial charge in [0.1, 0.15) is 11.9 Å². The van der Waals surface area contributed by atoms with Gasteiger partial charge in [0, 0.05) is 28.7 Å². The molecule has 0 radical (unpaired) electrons. The number of amides is 2. The number of rotatable bonds is 9. The lowest BCUT2D eigenvalue weighted by Crippen LogP contribution is -2.49. The van der Waals surface area contributed by atoms with Crippen LogP contribution in [0.1, 0.15) is 37.8 Å². The van der Waals surface area contributed by atoms with Crippen LogP contribution in [0.25, 0.3) is 0 Å². The van der Waals surface area contributed by atoms with E-state index >= 15 is 0 Å². The highest BCUT2D eigenvalue weighted by Gasteiger charge is 2.29. The fourth-order valence-corrected chi connectivity index (χ4v) is 3.38. The van der Waals surface area contributed by atoms with Crippen molar-refractivity contribution in [2.45, 2.75) is 45.7 Å². The Morgan fingerprint density at radius 2 is 1.79 bits per heavy atom. The van der Waals surface area contributed by atoms with Crippen molar-refractivity contribution in [2.24, 2.45) is 0 Å². The molecule has 0 aliphatic heterocycles. The standard InChI is InChI=1S/C22H25Cl2FN2O2/c1-3-12-26-22(29)20(4-2)27(14-15-8-10-16(23)11-9-15)21(28)13-17-18(24)6-5-7-19(17)25/h5-11,20H,3-4,12-14H2,1-2H3,(H,26,29)/t20-/m1/s1. The molecule has 2 aromatic rings. The van der Waals surface area contributed by atoms with Crippen LogP contribution in [-0.2, 0) is 22.6 Å². The van der Waals surface area contributed by atoms with E-state index in [4.69, 9.17) is 23.2 Å². The Hall–Kier alpha value is -2.11. The van der Waals surface area contributed by atoms with Gasteiger partial charge < -0.3 is 10.2 Å². The maximum Gasteiger partial charge on any atom is 0.242 e. The quantitative estimate of drug-likeness (QED) is 0.597. The Labute approximate surface area is 181 Å². The van der Waals surface area contributed by atoms with Gasteiger partial charge in [-0.25, -0.2) is 4.39 Å². The molecule has 2 rings (SSSR count). The predicted octanol–water partition coefficient (Wildman–Crippen LogP) is 5.01. The van der Waals surface area contributed by atoms with Crippen molar-refractivity contribution < 1.29 is 14.0 Å². The van der Waals surface area contributed by atoms with Crippen molar-refractivity contribution in [1.82, 2.24) is 10.2 Å². The van der Waals surface area contributed by atoms with Crippen LogP contribution in [0.15, 0.2) is 42.5 Å². The van der Waals surface area contributed by atoms with Crippen LogP contribution in [0.5, 0.6) is 0 Å². The number of nitrogens with one attached hydrogen (secondary N) is 1. The van der Waals surface area contributed by atoms with E-state index in [2.05, 4.69) is 5.32 Å². The summed E-state index contributed by atoms with van der Waals surface area (Å²) in [5.41, 5.74) is 0.952. The lowest BCUT2D eigenvalue weighted by atomic mass is 10.1. The Balaban J connectivity index is 2.32. The second kappa shape index (κ2) is 11.2. The van der Waals surface area contributed by atoms with E-state index in [9.17, 15) is 14.0 Å². The third-order valence-corrected chi connectivity index (χ3v) is 5.20. The molecule has 156 valence electrons. The highest BCUT2D eigenvalue weighted by molar-refractivity contribution is 6.31. The van der Waals surface area contributed by atoms with Gasteiger partial charge in [0.25, 0.3) is 0 Å². The molecule has 29 heavy (non-hydrogen) atoms. The van der Waals surface area contributed by atoms with Crippen LogP contribution >= 0.6 is 23.2 Å². The summed E-state index contributed by atoms with van der Waals surface area (Å²) in [5, 5.41) is 3.62. The van der Waals surface area contributed by atoms with Crippen molar-refractivity contribution in [2.75, 3.05) is 6.54 Å². The number of hydrogen-bond donors (Lipinski definition) is 1. The summed E-state index contributed by atoms with van der Waals surface area (Å²) in [4.78, 5) is 27.3. The van der Waals surface area contributed by atoms with Crippen LogP contribution in [0, 0.1) is 5.82 Å². The van der Waals surface area contributed by atoms with Gasteiger partial charge in [-0.2, -0.15) is 0 Å². The summed E-state index contributed by atoms with van der Waals surface area (Å²) in [5.74, 6) is -1.14. The topological polar surface area (TPSA) is 49.4 Å². The molecule has 0 heterocycles. The lowest BCUT2D eigenvalue weighted by molar-refractivity contribution is -0.141. The first-order valence-electron chi connectivity index (χ1n) is 9.61. The van der Waals surface area contributed by atoms with E-state index in [0.717, 1.165) is 12.0 Å². The van der Waals surface area contributed by atoms with E-state index in [0.29, 0.717) is 18.0 Å². The summed E-state index contributed by atoms with van der Waals surface area (Å²) in [6.07, 6.45) is 0.995. The number of carbonyl (C=O) groups is 2. The first-order chi connectivity index (χ1) is 13.9. The molecule has 1 N–H and O–H groups in total. The SMILES string of the molecule is CCCNC(=O)[C@@H](CC)N(Cc1ccc(Cl)cc1)C(=O)Cc1c(F)cccc1Cl. The summed E-state index contributed by atoms with van der Waals surface area (Å²) in [7, 11) is 0. The number of halogens is 3. The van der Waals surface area contributed by atoms with Crippen LogP contribution < -0.4 is 5.32 Å². The molecule has 0 unspecified atom stereocenters. The van der Waals surface area contributed by atoms with E-state index < -0.39 is 11.9 Å². The van der Waals surface area contributed by atoms with Gasteiger partial charge in [-0.3, -0.25) is 9.59 Å². The largest absolute Gasteiger partial charge is 0.354 e. The third-order valence-electron chi connectivity index (χ3n) is 4.59. The molecule has 0 bridgehead atoms. The molecule has 7 heteroatoms. The van der Waals surface area contributed by atoms with Gasteiger partial charge >= 0.3 is 0 Å². The Kier molecular flexibility index (Phi) is 8.93. The van der Waals surface area contributed by atoms with E-state index in [-0.39, 0.29) is 35.4 Å². The summed E-state index contributed by atoms with van der Waals surface area (Å²) in [6.45, 7) is 4.53. The molecule has 0 aliphatic carbocycles. The fourth-order valence-electron chi connectivity index (χ4n) is 3.03. The number of carbonyl (C=O) groups excluding carboxylic acids is 2. The van der Waals surface area contributed by atoms with Gasteiger partial charge in [0.05, 0.1) is 6.42 Å². The second-order valence-electron chi connectivity index (χ2n) is 6.74. The minimum absolute atomic E-state index is 0.129. The Morgan fingerprint density at radius 3 is 2.38 bits per heavy atom. The number of nitrogens with zero attached hydrogens (tertiary/aromatic N) is 1. The van der Waals surface area contributed by atoms with Crippen molar-refractivity contribution >= 4 is 35.0 Å². The zero-order valence-corrected chi connectivity index (χ0v) is 18.1. The zero-order chi connectivity index (χ0) is 21.4. The molecule has 4 nitrogen and oxygen atoms in total. The second-order valence-corrected chi connectivity index (χ2v) is 7.58. The predicted molar refractivity (Wildman–Crippen MR) is 114 cm³/mol. The summed E-state index contributed by atoms with van der Waals surface area (Å²) < 4.78 is 14.2. The Bertz CT molecular complexity index is 823. The summed E-state index contributed by atoms with van der Waals surface area (Å²) in [6, 6.07) is 10.7. The Morgan fingerprint density at radius 1 is 1.10 bits per heavy atom. The van der Waals surface area contributed by atoms with Gasteiger partial charge in [0.2, 0.25) is 11.8 Å². The maximum absolute atomic E-state index is 14.2. The van der Waals surface area contributed by atoms with Gasteiger partial charge in [-0.1, -0.05) is 55.2 Å². The minimum Gasteiger partial charge on any atom is -0.354 e. The number of hydrogen-bond acceptors (Lipinski definition) is 2. The van der Waals surface area contributed by atoms with Crippen LogP contribution in [-0.4, -0.2) is 29.3 Å². The molecular formula is C22H25Cl2FN2O2. The molecule has 2 amide bonds. The molecule has 0 fully saturated rings. The fraction of sp³-hybridized carbons (Fsp3) is 0.364. The minimum atomic E-state index is -0.671. The third kappa shape index (κ3) is 6.44. The van der Waals surface area contributed by atoms with Crippen molar-refractivity contribution in [3.8, 4) is 0 Å². The smallest absolute Gasteiger partial charge is 0.242 e. The first kappa shape index (κ1) is 23.2. The zero-order valence-electron chi connectivity index (χ0n) is 16.6. The average molecular weight is 439 g/mol. The molecule has 0 aromatic heterocycles. The van der Waals surface area contributed by atoms with Crippen molar-refractivity contribution in [3.63, 3.8) is 0 Å². The molecular weight excluding hydrogens is 414 g/mol. The summed E-state index contributed by atoms with van der Waals surface area (Å²) >= 11 is 12.0. The van der Waals surface area contributed by atoms with E-state index in [1.54, 1.807) is 30.3 Å². The molecule has 0 saturated heterocycles. The van der Waals surface area contributed by atoms with Gasteiger partial charge in [-0.15, -0.1) is 0 Å². The molecule has 0 spiro atoms. The molecule has 2 aromatic carbocycles. The molecule has 0 aliphatic rings. The first-order valence-corrected chi connectivity index (χ1v) is 10.4. The van der Waals surface area contributed by atoms with Crippen LogP contribution in [0.4, 0.5) is 4.39 Å². The van der Waals surface area contributed by atoms with E-state index in [1.165, 1.54) is 17.0 Å².